The molecular weight excluding hydrogens is 328 g/mol. The molecule has 1 unspecified atom stereocenters. The second-order valence-corrected chi connectivity index (χ2v) is 7.83. The highest BCUT2D eigenvalue weighted by atomic mass is 32.2. The standard InChI is InChI=1S/C16H26N4O3S/c1-17-16(20(2)11-14-7-8-23-12-14)18-10-13-5-4-6-15(9-13)19-24(3,21)22/h4-6,9,14,19H,7-8,10-12H2,1-3H3,(H,17,18). The Hall–Kier alpha value is -1.80. The van der Waals surface area contributed by atoms with Crippen molar-refractivity contribution < 1.29 is 13.2 Å². The van der Waals surface area contributed by atoms with E-state index in [9.17, 15) is 8.42 Å². The first-order valence-corrected chi connectivity index (χ1v) is 9.83. The minimum absolute atomic E-state index is 0.538. The van der Waals surface area contributed by atoms with E-state index in [2.05, 4.69) is 19.9 Å². The molecule has 1 aliphatic rings. The SMILES string of the molecule is CN=C(NCc1cccc(NS(C)(=O)=O)c1)N(C)CC1CCOC1. The third-order valence-electron chi connectivity index (χ3n) is 3.81. The van der Waals surface area contributed by atoms with E-state index in [0.29, 0.717) is 18.2 Å². The van der Waals surface area contributed by atoms with Gasteiger partial charge in [0.25, 0.3) is 0 Å². The molecule has 24 heavy (non-hydrogen) atoms. The van der Waals surface area contributed by atoms with Crippen LogP contribution >= 0.6 is 0 Å². The maximum absolute atomic E-state index is 11.3. The summed E-state index contributed by atoms with van der Waals surface area (Å²) in [5.41, 5.74) is 1.53. The van der Waals surface area contributed by atoms with Crippen LogP contribution in [0.1, 0.15) is 12.0 Å². The zero-order valence-electron chi connectivity index (χ0n) is 14.4. The van der Waals surface area contributed by atoms with E-state index < -0.39 is 10.0 Å². The molecule has 0 aliphatic carbocycles. The Labute approximate surface area is 144 Å². The molecule has 1 saturated heterocycles. The van der Waals surface area contributed by atoms with E-state index in [-0.39, 0.29) is 0 Å². The monoisotopic (exact) mass is 354 g/mol. The minimum atomic E-state index is -3.27. The van der Waals surface area contributed by atoms with Gasteiger partial charge in [0, 0.05) is 45.4 Å². The summed E-state index contributed by atoms with van der Waals surface area (Å²) in [5, 5.41) is 3.31. The highest BCUT2D eigenvalue weighted by molar-refractivity contribution is 7.92. The first-order valence-electron chi connectivity index (χ1n) is 7.93. The highest BCUT2D eigenvalue weighted by Gasteiger charge is 2.19. The summed E-state index contributed by atoms with van der Waals surface area (Å²) in [4.78, 5) is 6.40. The van der Waals surface area contributed by atoms with Crippen molar-refractivity contribution in [2.24, 2.45) is 10.9 Å². The second kappa shape index (κ2) is 8.34. The maximum Gasteiger partial charge on any atom is 0.229 e. The third-order valence-corrected chi connectivity index (χ3v) is 4.42. The summed E-state index contributed by atoms with van der Waals surface area (Å²) >= 11 is 0. The van der Waals surface area contributed by atoms with Crippen LogP contribution in [0.15, 0.2) is 29.3 Å². The number of rotatable bonds is 6. The first-order chi connectivity index (χ1) is 11.4. The van der Waals surface area contributed by atoms with E-state index in [0.717, 1.165) is 44.0 Å². The number of ether oxygens (including phenoxy) is 1. The Bertz CT molecular complexity index is 670. The summed E-state index contributed by atoms with van der Waals surface area (Å²) in [6.07, 6.45) is 2.22. The summed E-state index contributed by atoms with van der Waals surface area (Å²) in [6, 6.07) is 7.31. The molecule has 0 radical (unpaired) electrons. The Balaban J connectivity index is 1.91. The van der Waals surface area contributed by atoms with Crippen molar-refractivity contribution in [2.45, 2.75) is 13.0 Å². The predicted molar refractivity (Wildman–Crippen MR) is 96.7 cm³/mol. The van der Waals surface area contributed by atoms with Crippen LogP contribution in [0.3, 0.4) is 0 Å². The smallest absolute Gasteiger partial charge is 0.229 e. The van der Waals surface area contributed by atoms with Crippen molar-refractivity contribution in [1.82, 2.24) is 10.2 Å². The molecule has 1 heterocycles. The lowest BCUT2D eigenvalue weighted by molar-refractivity contribution is 0.181. The van der Waals surface area contributed by atoms with E-state index in [1.54, 1.807) is 13.1 Å². The summed E-state index contributed by atoms with van der Waals surface area (Å²) in [5.74, 6) is 1.35. The summed E-state index contributed by atoms with van der Waals surface area (Å²) in [6.45, 7) is 3.11. The molecule has 0 spiro atoms. The first kappa shape index (κ1) is 18.5. The van der Waals surface area contributed by atoms with Crippen LogP contribution in [0.4, 0.5) is 5.69 Å². The van der Waals surface area contributed by atoms with Crippen molar-refractivity contribution in [3.8, 4) is 0 Å². The maximum atomic E-state index is 11.3. The van der Waals surface area contributed by atoms with Gasteiger partial charge in [0.1, 0.15) is 0 Å². The molecule has 134 valence electrons. The molecule has 1 atom stereocenters. The highest BCUT2D eigenvalue weighted by Crippen LogP contribution is 2.14. The number of sulfonamides is 1. The van der Waals surface area contributed by atoms with E-state index >= 15 is 0 Å². The Kier molecular flexibility index (Phi) is 6.44. The van der Waals surface area contributed by atoms with Crippen LogP contribution in [-0.4, -0.2) is 59.4 Å². The molecule has 0 aromatic heterocycles. The number of hydrogen-bond donors (Lipinski definition) is 2. The molecule has 7 nitrogen and oxygen atoms in total. The van der Waals surface area contributed by atoms with Gasteiger partial charge in [-0.3, -0.25) is 9.71 Å². The number of anilines is 1. The van der Waals surface area contributed by atoms with Gasteiger partial charge < -0.3 is 15.0 Å². The van der Waals surface area contributed by atoms with Crippen LogP contribution < -0.4 is 10.0 Å². The van der Waals surface area contributed by atoms with Crippen molar-refractivity contribution >= 4 is 21.7 Å². The summed E-state index contributed by atoms with van der Waals surface area (Å²) < 4.78 is 30.5. The lowest BCUT2D eigenvalue weighted by Crippen LogP contribution is -2.41. The van der Waals surface area contributed by atoms with Crippen LogP contribution in [-0.2, 0) is 21.3 Å². The van der Waals surface area contributed by atoms with E-state index in [1.165, 1.54) is 0 Å². The largest absolute Gasteiger partial charge is 0.381 e. The Morgan fingerprint density at radius 1 is 1.46 bits per heavy atom. The van der Waals surface area contributed by atoms with Gasteiger partial charge in [0.15, 0.2) is 5.96 Å². The lowest BCUT2D eigenvalue weighted by atomic mass is 10.1. The number of benzene rings is 1. The van der Waals surface area contributed by atoms with Gasteiger partial charge in [-0.1, -0.05) is 12.1 Å². The summed E-state index contributed by atoms with van der Waals surface area (Å²) in [7, 11) is 0.494. The molecule has 1 aliphatic heterocycles. The van der Waals surface area contributed by atoms with Crippen molar-refractivity contribution in [2.75, 3.05) is 44.8 Å². The quantitative estimate of drug-likeness (QED) is 0.590. The molecule has 1 aromatic rings. The normalized spacial score (nSPS) is 18.5. The Morgan fingerprint density at radius 2 is 2.25 bits per heavy atom. The fraction of sp³-hybridized carbons (Fsp3) is 0.562. The minimum Gasteiger partial charge on any atom is -0.381 e. The van der Waals surface area contributed by atoms with Crippen LogP contribution in [0.25, 0.3) is 0 Å². The molecule has 2 N–H and O–H groups in total. The molecule has 1 fully saturated rings. The predicted octanol–water partition coefficient (Wildman–Crippen LogP) is 1.10. The average molecular weight is 354 g/mol. The lowest BCUT2D eigenvalue weighted by Gasteiger charge is -2.24. The average Bonchev–Trinajstić information content (AvgIpc) is 2.99. The zero-order valence-corrected chi connectivity index (χ0v) is 15.3. The molecule has 2 rings (SSSR count). The Morgan fingerprint density at radius 3 is 2.88 bits per heavy atom. The van der Waals surface area contributed by atoms with Crippen molar-refractivity contribution in [1.29, 1.82) is 0 Å². The van der Waals surface area contributed by atoms with Crippen LogP contribution in [0.2, 0.25) is 0 Å². The van der Waals surface area contributed by atoms with E-state index in [4.69, 9.17) is 4.74 Å². The topological polar surface area (TPSA) is 83.0 Å². The van der Waals surface area contributed by atoms with Crippen LogP contribution in [0, 0.1) is 5.92 Å². The van der Waals surface area contributed by atoms with Gasteiger partial charge in [-0.15, -0.1) is 0 Å². The molecular formula is C16H26N4O3S. The molecule has 0 bridgehead atoms. The molecule has 1 aromatic carbocycles. The second-order valence-electron chi connectivity index (χ2n) is 6.09. The van der Waals surface area contributed by atoms with Crippen molar-refractivity contribution in [3.05, 3.63) is 29.8 Å². The molecule has 0 saturated carbocycles. The van der Waals surface area contributed by atoms with Crippen LogP contribution in [0.5, 0.6) is 0 Å². The fourth-order valence-corrected chi connectivity index (χ4v) is 3.28. The van der Waals surface area contributed by atoms with Gasteiger partial charge in [-0.05, 0) is 24.1 Å². The molecule has 0 amide bonds. The van der Waals surface area contributed by atoms with Gasteiger partial charge in [-0.2, -0.15) is 0 Å². The fourth-order valence-electron chi connectivity index (χ4n) is 2.73. The third kappa shape index (κ3) is 6.01. The van der Waals surface area contributed by atoms with Gasteiger partial charge in [-0.25, -0.2) is 8.42 Å². The van der Waals surface area contributed by atoms with Gasteiger partial charge in [0.2, 0.25) is 10.0 Å². The number of hydrogen-bond acceptors (Lipinski definition) is 4. The molecule has 8 heteroatoms. The number of guanidine groups is 1. The van der Waals surface area contributed by atoms with Gasteiger partial charge >= 0.3 is 0 Å². The van der Waals surface area contributed by atoms with Crippen molar-refractivity contribution in [3.63, 3.8) is 0 Å². The number of nitrogens with zero attached hydrogens (tertiary/aromatic N) is 2. The number of aliphatic imine (C=N–C) groups is 1. The zero-order chi connectivity index (χ0) is 17.6. The van der Waals surface area contributed by atoms with Gasteiger partial charge in [0.05, 0.1) is 12.9 Å². The van der Waals surface area contributed by atoms with E-state index in [1.807, 2.05) is 25.2 Å². The number of nitrogens with one attached hydrogen (secondary N) is 2.